The van der Waals surface area contributed by atoms with Crippen LogP contribution in [0.2, 0.25) is 5.02 Å². The number of hydrogen-bond donors (Lipinski definition) is 3. The van der Waals surface area contributed by atoms with E-state index in [0.29, 0.717) is 4.68 Å². The van der Waals surface area contributed by atoms with E-state index >= 15 is 0 Å². The number of alkyl halides is 3. The third-order valence-corrected chi connectivity index (χ3v) is 4.89. The quantitative estimate of drug-likeness (QED) is 0.479. The van der Waals surface area contributed by atoms with E-state index in [1.54, 1.807) is 13.8 Å². The summed E-state index contributed by atoms with van der Waals surface area (Å²) in [4.78, 5) is 29.3. The standard InChI is InChI=1S/C21H20ClF3N6O2/c1-9(2)29-20(33)12-8-11(26)7-10(3)14(12)15-16(18(27)32)31(30-17(15)21(23,24)25)19-13(22)5-4-6-28-19/h4-9H,26H2,1-3H3,(H2,27,32)(H,29,33). The highest BCUT2D eigenvalue weighted by molar-refractivity contribution is 6.32. The average molecular weight is 481 g/mol. The summed E-state index contributed by atoms with van der Waals surface area (Å²) in [6.07, 6.45) is -3.73. The number of carbonyl (C=O) groups excluding carboxylic acids is 2. The van der Waals surface area contributed by atoms with Crippen molar-refractivity contribution in [1.29, 1.82) is 0 Å². The molecule has 0 aliphatic heterocycles. The van der Waals surface area contributed by atoms with Crippen molar-refractivity contribution in [1.82, 2.24) is 20.1 Å². The van der Waals surface area contributed by atoms with Crippen molar-refractivity contribution in [3.8, 4) is 16.9 Å². The lowest BCUT2D eigenvalue weighted by Crippen LogP contribution is -2.31. The van der Waals surface area contributed by atoms with Gasteiger partial charge in [0, 0.05) is 34.6 Å². The van der Waals surface area contributed by atoms with Gasteiger partial charge in [-0.2, -0.15) is 18.3 Å². The Morgan fingerprint density at radius 2 is 1.88 bits per heavy atom. The molecule has 0 atom stereocenters. The van der Waals surface area contributed by atoms with Gasteiger partial charge in [-0.05, 0) is 50.6 Å². The van der Waals surface area contributed by atoms with Gasteiger partial charge in [0.2, 0.25) is 0 Å². The van der Waals surface area contributed by atoms with Crippen molar-refractivity contribution in [3.05, 3.63) is 58.0 Å². The van der Waals surface area contributed by atoms with Gasteiger partial charge in [-0.3, -0.25) is 9.59 Å². The Balaban J connectivity index is 2.49. The van der Waals surface area contributed by atoms with Gasteiger partial charge in [0.15, 0.2) is 11.5 Å². The Bertz CT molecular complexity index is 1250. The molecule has 12 heteroatoms. The minimum atomic E-state index is -5.01. The number of hydrogen-bond acceptors (Lipinski definition) is 5. The van der Waals surface area contributed by atoms with Crippen molar-refractivity contribution < 1.29 is 22.8 Å². The summed E-state index contributed by atoms with van der Waals surface area (Å²) in [5, 5.41) is 6.18. The summed E-state index contributed by atoms with van der Waals surface area (Å²) in [5.74, 6) is -2.13. The second kappa shape index (κ2) is 8.74. The number of amides is 2. The zero-order valence-electron chi connectivity index (χ0n) is 17.8. The number of aromatic nitrogens is 3. The predicted molar refractivity (Wildman–Crippen MR) is 117 cm³/mol. The highest BCUT2D eigenvalue weighted by atomic mass is 35.5. The number of benzene rings is 1. The number of primary amides is 1. The molecule has 5 N–H and O–H groups in total. The lowest BCUT2D eigenvalue weighted by Gasteiger charge is -2.17. The molecule has 0 bridgehead atoms. The van der Waals surface area contributed by atoms with Gasteiger partial charge in [0.25, 0.3) is 11.8 Å². The molecule has 0 spiro atoms. The van der Waals surface area contributed by atoms with Crippen molar-refractivity contribution in [2.24, 2.45) is 5.73 Å². The number of pyridine rings is 1. The minimum Gasteiger partial charge on any atom is -0.399 e. The maximum absolute atomic E-state index is 14.2. The number of nitrogens with one attached hydrogen (secondary N) is 1. The van der Waals surface area contributed by atoms with Gasteiger partial charge < -0.3 is 16.8 Å². The van der Waals surface area contributed by atoms with E-state index in [2.05, 4.69) is 15.4 Å². The second-order valence-electron chi connectivity index (χ2n) is 7.54. The van der Waals surface area contributed by atoms with E-state index in [9.17, 15) is 22.8 Å². The fourth-order valence-corrected chi connectivity index (χ4v) is 3.63. The highest BCUT2D eigenvalue weighted by Crippen LogP contribution is 2.42. The first-order valence-electron chi connectivity index (χ1n) is 9.65. The first-order valence-corrected chi connectivity index (χ1v) is 10.0. The summed E-state index contributed by atoms with van der Waals surface area (Å²) in [6, 6.07) is 5.13. The summed E-state index contributed by atoms with van der Waals surface area (Å²) >= 11 is 6.11. The number of nitrogen functional groups attached to an aromatic ring is 1. The molecule has 2 aromatic heterocycles. The van der Waals surface area contributed by atoms with Crippen LogP contribution >= 0.6 is 11.6 Å². The fourth-order valence-electron chi connectivity index (χ4n) is 3.43. The summed E-state index contributed by atoms with van der Waals surface area (Å²) in [7, 11) is 0. The van der Waals surface area contributed by atoms with Gasteiger partial charge in [-0.1, -0.05) is 11.6 Å². The number of anilines is 1. The Labute approximate surface area is 191 Å². The number of nitrogens with two attached hydrogens (primary N) is 2. The van der Waals surface area contributed by atoms with Crippen molar-refractivity contribution in [3.63, 3.8) is 0 Å². The number of nitrogens with zero attached hydrogens (tertiary/aromatic N) is 3. The molecule has 3 rings (SSSR count). The molecule has 2 heterocycles. The van der Waals surface area contributed by atoms with Gasteiger partial charge in [0.1, 0.15) is 5.69 Å². The largest absolute Gasteiger partial charge is 0.435 e. The molecule has 0 unspecified atom stereocenters. The minimum absolute atomic E-state index is 0.0606. The molecule has 2 amide bonds. The summed E-state index contributed by atoms with van der Waals surface area (Å²) in [6.45, 7) is 4.84. The zero-order valence-corrected chi connectivity index (χ0v) is 18.5. The van der Waals surface area contributed by atoms with Crippen molar-refractivity contribution in [2.45, 2.75) is 33.0 Å². The molecule has 0 saturated carbocycles. The predicted octanol–water partition coefficient (Wildman–Crippen LogP) is 3.73. The van der Waals surface area contributed by atoms with Gasteiger partial charge in [-0.25, -0.2) is 9.67 Å². The van der Waals surface area contributed by atoms with Crippen molar-refractivity contribution in [2.75, 3.05) is 5.73 Å². The maximum Gasteiger partial charge on any atom is 0.435 e. The smallest absolute Gasteiger partial charge is 0.399 e. The Morgan fingerprint density at radius 3 is 2.42 bits per heavy atom. The average Bonchev–Trinajstić information content (AvgIpc) is 3.07. The summed E-state index contributed by atoms with van der Waals surface area (Å²) in [5.41, 5.74) is 8.69. The summed E-state index contributed by atoms with van der Waals surface area (Å²) < 4.78 is 43.1. The molecule has 0 saturated heterocycles. The molecule has 8 nitrogen and oxygen atoms in total. The van der Waals surface area contributed by atoms with Crippen molar-refractivity contribution >= 4 is 29.1 Å². The number of halogens is 4. The molecule has 0 aliphatic rings. The molecule has 3 aromatic rings. The van der Waals surface area contributed by atoms with E-state index in [4.69, 9.17) is 23.1 Å². The fraction of sp³-hybridized carbons (Fsp3) is 0.238. The van der Waals surface area contributed by atoms with E-state index in [1.165, 1.54) is 37.4 Å². The van der Waals surface area contributed by atoms with E-state index < -0.39 is 34.9 Å². The molecular weight excluding hydrogens is 461 g/mol. The van der Waals surface area contributed by atoms with Crippen LogP contribution in [0.25, 0.3) is 16.9 Å². The molecule has 0 radical (unpaired) electrons. The monoisotopic (exact) mass is 480 g/mol. The molecule has 1 aromatic carbocycles. The highest BCUT2D eigenvalue weighted by Gasteiger charge is 2.42. The number of carbonyl (C=O) groups is 2. The van der Waals surface area contributed by atoms with Crippen LogP contribution < -0.4 is 16.8 Å². The maximum atomic E-state index is 14.2. The topological polar surface area (TPSA) is 129 Å². The second-order valence-corrected chi connectivity index (χ2v) is 7.95. The van der Waals surface area contributed by atoms with Crippen LogP contribution in [0.5, 0.6) is 0 Å². The molecule has 0 aliphatic carbocycles. The lowest BCUT2D eigenvalue weighted by atomic mass is 9.91. The van der Waals surface area contributed by atoms with Crippen LogP contribution in [-0.4, -0.2) is 32.6 Å². The molecule has 0 fully saturated rings. The molecule has 174 valence electrons. The van der Waals surface area contributed by atoms with Crippen LogP contribution in [0.1, 0.15) is 46.0 Å². The normalized spacial score (nSPS) is 11.6. The number of rotatable bonds is 5. The first-order chi connectivity index (χ1) is 15.3. The first kappa shape index (κ1) is 24.1. The third-order valence-electron chi connectivity index (χ3n) is 4.60. The molecule has 33 heavy (non-hydrogen) atoms. The van der Waals surface area contributed by atoms with Gasteiger partial charge >= 0.3 is 6.18 Å². The Morgan fingerprint density at radius 1 is 1.21 bits per heavy atom. The molecular formula is C21H20ClF3N6O2. The number of aryl methyl sites for hydroxylation is 1. The van der Waals surface area contributed by atoms with E-state index in [0.717, 1.165) is 0 Å². The van der Waals surface area contributed by atoms with E-state index in [-0.39, 0.29) is 39.3 Å². The zero-order chi connectivity index (χ0) is 24.7. The van der Waals surface area contributed by atoms with Crippen LogP contribution in [0.15, 0.2) is 30.5 Å². The van der Waals surface area contributed by atoms with Gasteiger partial charge in [-0.15, -0.1) is 0 Å². The van der Waals surface area contributed by atoms with Gasteiger partial charge in [0.05, 0.1) is 5.02 Å². The van der Waals surface area contributed by atoms with Crippen LogP contribution in [0, 0.1) is 6.92 Å². The van der Waals surface area contributed by atoms with Crippen LogP contribution in [0.3, 0.4) is 0 Å². The Kier molecular flexibility index (Phi) is 6.37. The van der Waals surface area contributed by atoms with Crippen LogP contribution in [0.4, 0.5) is 18.9 Å². The third kappa shape index (κ3) is 4.63. The van der Waals surface area contributed by atoms with E-state index in [1.807, 2.05) is 0 Å². The Hall–Kier alpha value is -3.60. The lowest BCUT2D eigenvalue weighted by molar-refractivity contribution is -0.140. The SMILES string of the molecule is Cc1cc(N)cc(C(=O)NC(C)C)c1-c1c(C(F)(F)F)nn(-c2ncccc2Cl)c1C(N)=O. The van der Waals surface area contributed by atoms with Crippen LogP contribution in [-0.2, 0) is 6.18 Å².